The van der Waals surface area contributed by atoms with Gasteiger partial charge in [-0.1, -0.05) is 0 Å². The number of hydrogen-bond donors (Lipinski definition) is 2. The van der Waals surface area contributed by atoms with Crippen molar-refractivity contribution in [3.8, 4) is 23.0 Å². The van der Waals surface area contributed by atoms with E-state index in [1.54, 1.807) is 30.3 Å². The molecule has 0 saturated carbocycles. The minimum absolute atomic E-state index is 0.240. The number of benzene rings is 2. The highest BCUT2D eigenvalue weighted by molar-refractivity contribution is 6.18. The summed E-state index contributed by atoms with van der Waals surface area (Å²) in [6.07, 6.45) is 1.48. The van der Waals surface area contributed by atoms with Gasteiger partial charge in [-0.2, -0.15) is 0 Å². The molecule has 0 unspecified atom stereocenters. The van der Waals surface area contributed by atoms with E-state index < -0.39 is 0 Å². The van der Waals surface area contributed by atoms with Crippen LogP contribution < -0.4 is 35.0 Å². The first-order valence-corrected chi connectivity index (χ1v) is 17.4. The van der Waals surface area contributed by atoms with Crippen molar-refractivity contribution < 1.29 is 52.2 Å². The van der Waals surface area contributed by atoms with Crippen LogP contribution in [0.2, 0.25) is 0 Å². The van der Waals surface area contributed by atoms with Gasteiger partial charge in [-0.15, -0.1) is 0 Å². The van der Waals surface area contributed by atoms with Gasteiger partial charge in [0.15, 0.2) is 34.2 Å². The smallest absolute Gasteiger partial charge is 0.188 e. The van der Waals surface area contributed by atoms with Crippen LogP contribution >= 0.6 is 0 Å². The fraction of sp³-hybridized carbons (Fsp3) is 0.421. The van der Waals surface area contributed by atoms with Crippen LogP contribution in [0.15, 0.2) is 65.5 Å². The quantitative estimate of drug-likeness (QED) is 0.399. The molecule has 0 aromatic heterocycles. The predicted octanol–water partition coefficient (Wildman–Crippen LogP) is 4.08. The number of ketones is 1. The van der Waals surface area contributed by atoms with Crippen molar-refractivity contribution in [1.82, 2.24) is 0 Å². The summed E-state index contributed by atoms with van der Waals surface area (Å²) >= 11 is 0. The molecule has 0 bridgehead atoms. The topological polar surface area (TPSA) is 150 Å². The third-order valence-corrected chi connectivity index (χ3v) is 7.89. The van der Waals surface area contributed by atoms with E-state index in [9.17, 15) is 9.59 Å². The molecule has 3 aromatic carbocycles. The molecule has 2 N–H and O–H groups in total. The Morgan fingerprint density at radius 3 is 1.29 bits per heavy atom. The Labute approximate surface area is 301 Å². The second kappa shape index (κ2) is 19.8. The predicted molar refractivity (Wildman–Crippen MR) is 192 cm³/mol. The molecule has 52 heavy (non-hydrogen) atoms. The van der Waals surface area contributed by atoms with Crippen LogP contribution in [0.5, 0.6) is 23.0 Å². The number of rotatable bonds is 4. The van der Waals surface area contributed by atoms with Gasteiger partial charge >= 0.3 is 0 Å². The molecule has 0 fully saturated rings. The highest BCUT2D eigenvalue weighted by Gasteiger charge is 2.23. The van der Waals surface area contributed by atoms with Gasteiger partial charge in [-0.3, -0.25) is 9.59 Å². The molecule has 6 rings (SSSR count). The Bertz CT molecular complexity index is 1730. The number of hydrogen-bond acceptors (Lipinski definition) is 14. The summed E-state index contributed by atoms with van der Waals surface area (Å²) in [6.45, 7) is 6.55. The number of allylic oxidation sites excluding steroid dienone is 1. The van der Waals surface area contributed by atoms with E-state index in [0.29, 0.717) is 163 Å². The molecule has 0 saturated heterocycles. The second-order valence-electron chi connectivity index (χ2n) is 11.7. The van der Waals surface area contributed by atoms with Gasteiger partial charge in [0.1, 0.15) is 26.4 Å². The van der Waals surface area contributed by atoms with Crippen molar-refractivity contribution >= 4 is 28.5 Å². The number of carbonyl (C=O) groups is 1. The summed E-state index contributed by atoms with van der Waals surface area (Å²) in [7, 11) is 0. The molecule has 0 spiro atoms. The Morgan fingerprint density at radius 2 is 0.808 bits per heavy atom. The van der Waals surface area contributed by atoms with E-state index >= 15 is 0 Å². The second-order valence-corrected chi connectivity index (χ2v) is 11.7. The minimum atomic E-state index is -0.287. The van der Waals surface area contributed by atoms with Crippen LogP contribution in [-0.2, 0) is 28.4 Å². The molecular formula is C38H44N2O12. The van der Waals surface area contributed by atoms with Gasteiger partial charge < -0.3 is 58.0 Å². The Morgan fingerprint density at radius 1 is 0.385 bits per heavy atom. The summed E-state index contributed by atoms with van der Waals surface area (Å²) in [6, 6.07) is 15.3. The lowest BCUT2D eigenvalue weighted by Crippen LogP contribution is -2.13. The van der Waals surface area contributed by atoms with E-state index in [0.717, 1.165) is 0 Å². The molecule has 1 aliphatic carbocycles. The molecule has 0 atom stereocenters. The Balaban J connectivity index is 1.16. The summed E-state index contributed by atoms with van der Waals surface area (Å²) in [5, 5.41) is 6.55. The SMILES string of the molecule is O=C1C=C(Nc2ccc3c(c2)OCCOCCOCCOCCO3)c2cc(=O)cc(Nc3ccc4c(c3)OCCOCCOCCOCCO4)cc21. The monoisotopic (exact) mass is 720 g/mol. The molecule has 0 amide bonds. The van der Waals surface area contributed by atoms with E-state index in [2.05, 4.69) is 10.6 Å². The molecular weight excluding hydrogens is 676 g/mol. The normalized spacial score (nSPS) is 18.3. The van der Waals surface area contributed by atoms with Gasteiger partial charge in [0.2, 0.25) is 0 Å². The molecule has 14 heteroatoms. The van der Waals surface area contributed by atoms with Crippen LogP contribution in [0.1, 0.15) is 15.9 Å². The van der Waals surface area contributed by atoms with Crippen LogP contribution in [0.25, 0.3) is 5.70 Å². The van der Waals surface area contributed by atoms with Crippen LogP contribution in [0, 0.1) is 0 Å². The summed E-state index contributed by atoms with van der Waals surface area (Å²) in [5.74, 6) is 1.84. The number of ether oxygens (including phenoxy) is 10. The van der Waals surface area contributed by atoms with Crippen molar-refractivity contribution in [2.24, 2.45) is 0 Å². The fourth-order valence-corrected chi connectivity index (χ4v) is 5.46. The fourth-order valence-electron chi connectivity index (χ4n) is 5.46. The highest BCUT2D eigenvalue weighted by Crippen LogP contribution is 2.35. The van der Waals surface area contributed by atoms with Crippen molar-refractivity contribution in [3.63, 3.8) is 0 Å². The molecule has 2 aliphatic heterocycles. The molecule has 278 valence electrons. The van der Waals surface area contributed by atoms with E-state index in [4.69, 9.17) is 47.4 Å². The minimum Gasteiger partial charge on any atom is -0.487 e. The van der Waals surface area contributed by atoms with Crippen LogP contribution in [0.4, 0.5) is 17.1 Å². The summed E-state index contributed by atoms with van der Waals surface area (Å²) < 4.78 is 57.1. The zero-order valence-electron chi connectivity index (χ0n) is 29.0. The van der Waals surface area contributed by atoms with Gasteiger partial charge in [0, 0.05) is 52.5 Å². The highest BCUT2D eigenvalue weighted by atomic mass is 16.6. The average Bonchev–Trinajstić information content (AvgIpc) is 3.29. The molecule has 14 nitrogen and oxygen atoms in total. The Hall–Kier alpha value is -4.70. The lowest BCUT2D eigenvalue weighted by Gasteiger charge is -2.15. The lowest BCUT2D eigenvalue weighted by molar-refractivity contribution is 0.00708. The third-order valence-electron chi connectivity index (χ3n) is 7.89. The maximum atomic E-state index is 13.3. The van der Waals surface area contributed by atoms with Gasteiger partial charge in [0.05, 0.1) is 85.0 Å². The van der Waals surface area contributed by atoms with Gasteiger partial charge in [-0.25, -0.2) is 0 Å². The maximum absolute atomic E-state index is 13.3. The standard InChI is InChI=1S/C38H44N2O12/c41-30-21-29(39-27-1-3-35-37(23-27)51-19-15-47-11-7-43-5-9-45-13-17-49-35)22-32-31(25-30)33(26-34(32)42)40-28-2-4-36-38(24-28)52-20-16-48-12-8-44-6-10-46-14-18-50-36/h1-4,21-26,39-40H,5-20H2. The first-order valence-electron chi connectivity index (χ1n) is 17.4. The number of nitrogens with one attached hydrogen (secondary N) is 2. The van der Waals surface area contributed by atoms with Crippen LogP contribution in [0.3, 0.4) is 0 Å². The molecule has 3 aromatic rings. The van der Waals surface area contributed by atoms with Gasteiger partial charge in [-0.05, 0) is 36.4 Å². The van der Waals surface area contributed by atoms with E-state index in [1.807, 2.05) is 12.1 Å². The Kier molecular flexibility index (Phi) is 14.1. The number of anilines is 3. The van der Waals surface area contributed by atoms with E-state index in [1.165, 1.54) is 18.2 Å². The van der Waals surface area contributed by atoms with Crippen molar-refractivity contribution in [2.45, 2.75) is 0 Å². The van der Waals surface area contributed by atoms with Crippen molar-refractivity contribution in [1.29, 1.82) is 0 Å². The van der Waals surface area contributed by atoms with E-state index in [-0.39, 0.29) is 11.2 Å². The largest absolute Gasteiger partial charge is 0.487 e. The van der Waals surface area contributed by atoms with Gasteiger partial charge in [0.25, 0.3) is 0 Å². The van der Waals surface area contributed by atoms with Crippen LogP contribution in [-0.4, -0.2) is 111 Å². The average molecular weight is 721 g/mol. The number of fused-ring (bicyclic) bond motifs is 3. The maximum Gasteiger partial charge on any atom is 0.188 e. The molecule has 0 radical (unpaired) electrons. The third kappa shape index (κ3) is 11.1. The van der Waals surface area contributed by atoms with Crippen molar-refractivity contribution in [2.75, 3.05) is 116 Å². The molecule has 3 aliphatic rings. The zero-order chi connectivity index (χ0) is 35.8. The number of carbonyl (C=O) groups excluding carboxylic acids is 1. The zero-order valence-corrected chi connectivity index (χ0v) is 29.0. The first kappa shape index (κ1) is 37.1. The first-order chi connectivity index (χ1) is 25.6. The van der Waals surface area contributed by atoms with Crippen molar-refractivity contribution in [3.05, 3.63) is 82.0 Å². The summed E-state index contributed by atoms with van der Waals surface area (Å²) in [5.41, 5.74) is 2.77. The lowest BCUT2D eigenvalue weighted by atomic mass is 10.1. The molecule has 2 heterocycles. The summed E-state index contributed by atoms with van der Waals surface area (Å²) in [4.78, 5) is 26.5.